The molecule has 2 unspecified atom stereocenters. The minimum Gasteiger partial charge on any atom is -0.481 e. The molecule has 0 spiro atoms. The van der Waals surface area contributed by atoms with Crippen LogP contribution in [-0.2, 0) is 4.79 Å². The summed E-state index contributed by atoms with van der Waals surface area (Å²) in [4.78, 5) is 22.2. The molecule has 4 nitrogen and oxygen atoms in total. The van der Waals surface area contributed by atoms with E-state index in [1.54, 1.807) is 13.0 Å². The number of rotatable bonds is 3. The third-order valence-electron chi connectivity index (χ3n) is 3.46. The van der Waals surface area contributed by atoms with E-state index in [4.69, 9.17) is 5.11 Å². The summed E-state index contributed by atoms with van der Waals surface area (Å²) < 4.78 is 0. The number of Topliss-reactive ketones (excluding diaryl/α,β-unsaturated/α-hetero) is 1. The van der Waals surface area contributed by atoms with E-state index in [0.717, 1.165) is 12.0 Å². The van der Waals surface area contributed by atoms with Crippen LogP contribution in [0.15, 0.2) is 24.3 Å². The highest BCUT2D eigenvalue weighted by atomic mass is 16.4. The van der Waals surface area contributed by atoms with Gasteiger partial charge in [-0.3, -0.25) is 9.59 Å². The number of carbonyl (C=O) groups excluding carboxylic acids is 1. The summed E-state index contributed by atoms with van der Waals surface area (Å²) in [7, 11) is 0. The van der Waals surface area contributed by atoms with Gasteiger partial charge in [0, 0.05) is 18.2 Å². The number of carboxylic acid groups (broad SMARTS) is 1. The average molecular weight is 247 g/mol. The molecule has 0 aromatic heterocycles. The zero-order valence-corrected chi connectivity index (χ0v) is 10.3. The molecule has 1 aliphatic rings. The van der Waals surface area contributed by atoms with Gasteiger partial charge in [-0.2, -0.15) is 0 Å². The predicted octanol–water partition coefficient (Wildman–Crippen LogP) is 2.01. The van der Waals surface area contributed by atoms with Crippen LogP contribution in [-0.4, -0.2) is 23.4 Å². The lowest BCUT2D eigenvalue weighted by Crippen LogP contribution is -2.36. The fourth-order valence-electron chi connectivity index (χ4n) is 2.33. The Morgan fingerprint density at radius 2 is 2.11 bits per heavy atom. The van der Waals surface area contributed by atoms with E-state index in [-0.39, 0.29) is 17.7 Å². The third kappa shape index (κ3) is 2.76. The number of benzene rings is 1. The molecule has 18 heavy (non-hydrogen) atoms. The number of aliphatic carboxylic acids is 1. The van der Waals surface area contributed by atoms with Crippen molar-refractivity contribution in [2.75, 3.05) is 6.54 Å². The molecule has 96 valence electrons. The zero-order chi connectivity index (χ0) is 13.1. The molecular formula is C14H17NO3. The van der Waals surface area contributed by atoms with Gasteiger partial charge in [-0.05, 0) is 31.4 Å². The van der Waals surface area contributed by atoms with E-state index in [0.29, 0.717) is 18.5 Å². The van der Waals surface area contributed by atoms with Gasteiger partial charge in [-0.1, -0.05) is 18.2 Å². The summed E-state index contributed by atoms with van der Waals surface area (Å²) in [6.07, 6.45) is 1.47. The first-order valence-corrected chi connectivity index (χ1v) is 6.15. The topological polar surface area (TPSA) is 66.4 Å². The van der Waals surface area contributed by atoms with Crippen molar-refractivity contribution < 1.29 is 14.7 Å². The summed E-state index contributed by atoms with van der Waals surface area (Å²) >= 11 is 0. The predicted molar refractivity (Wildman–Crippen MR) is 67.6 cm³/mol. The highest BCUT2D eigenvalue weighted by Gasteiger charge is 2.26. The summed E-state index contributed by atoms with van der Waals surface area (Å²) in [5.41, 5.74) is 1.76. The first-order valence-electron chi connectivity index (χ1n) is 6.15. The molecular weight excluding hydrogens is 230 g/mol. The Balaban J connectivity index is 2.07. The number of nitrogens with one attached hydrogen (secondary N) is 1. The number of hydrogen-bond acceptors (Lipinski definition) is 3. The molecule has 1 aliphatic heterocycles. The Labute approximate surface area is 106 Å². The fourth-order valence-corrected chi connectivity index (χ4v) is 2.33. The lowest BCUT2D eigenvalue weighted by Gasteiger charge is -2.28. The van der Waals surface area contributed by atoms with E-state index in [1.165, 1.54) is 0 Å². The number of hydrogen-bond donors (Lipinski definition) is 2. The van der Waals surface area contributed by atoms with Crippen LogP contribution in [0.5, 0.6) is 0 Å². The number of carboxylic acids is 1. The van der Waals surface area contributed by atoms with Gasteiger partial charge < -0.3 is 10.4 Å². The molecule has 1 aromatic carbocycles. The zero-order valence-electron chi connectivity index (χ0n) is 10.3. The maximum absolute atomic E-state index is 11.3. The summed E-state index contributed by atoms with van der Waals surface area (Å²) in [6, 6.07) is 7.69. The van der Waals surface area contributed by atoms with Crippen molar-refractivity contribution >= 4 is 11.8 Å². The minimum atomic E-state index is -0.738. The van der Waals surface area contributed by atoms with Crippen LogP contribution in [0, 0.1) is 5.92 Å². The van der Waals surface area contributed by atoms with Crippen LogP contribution in [0.3, 0.4) is 0 Å². The van der Waals surface area contributed by atoms with Crippen LogP contribution in [0.25, 0.3) is 0 Å². The van der Waals surface area contributed by atoms with Gasteiger partial charge >= 0.3 is 5.97 Å². The molecule has 2 atom stereocenters. The van der Waals surface area contributed by atoms with E-state index >= 15 is 0 Å². The Morgan fingerprint density at radius 1 is 1.33 bits per heavy atom. The quantitative estimate of drug-likeness (QED) is 0.802. The summed E-state index contributed by atoms with van der Waals surface area (Å²) in [5.74, 6) is -0.980. The Bertz CT molecular complexity index is 462. The van der Waals surface area contributed by atoms with Crippen molar-refractivity contribution in [2.24, 2.45) is 5.92 Å². The van der Waals surface area contributed by atoms with Crippen LogP contribution in [0.4, 0.5) is 0 Å². The largest absolute Gasteiger partial charge is 0.481 e. The molecule has 0 radical (unpaired) electrons. The van der Waals surface area contributed by atoms with E-state index < -0.39 is 5.97 Å². The maximum Gasteiger partial charge on any atom is 0.307 e. The molecule has 0 bridgehead atoms. The number of ketones is 1. The Morgan fingerprint density at radius 3 is 2.67 bits per heavy atom. The average Bonchev–Trinajstić information content (AvgIpc) is 2.39. The second-order valence-corrected chi connectivity index (χ2v) is 4.75. The van der Waals surface area contributed by atoms with Crippen molar-refractivity contribution in [3.8, 4) is 0 Å². The van der Waals surface area contributed by atoms with Crippen molar-refractivity contribution in [1.29, 1.82) is 0 Å². The normalized spacial score (nSPS) is 23.6. The fraction of sp³-hybridized carbons (Fsp3) is 0.429. The number of piperidine rings is 1. The molecule has 2 rings (SSSR count). The smallest absolute Gasteiger partial charge is 0.307 e. The van der Waals surface area contributed by atoms with Gasteiger partial charge in [0.1, 0.15) is 0 Å². The van der Waals surface area contributed by atoms with Crippen LogP contribution >= 0.6 is 0 Å². The number of carbonyl (C=O) groups is 2. The Kier molecular flexibility index (Phi) is 3.77. The van der Waals surface area contributed by atoms with E-state index in [2.05, 4.69) is 5.32 Å². The molecule has 0 saturated carbocycles. The third-order valence-corrected chi connectivity index (χ3v) is 3.46. The summed E-state index contributed by atoms with van der Waals surface area (Å²) in [6.45, 7) is 2.04. The lowest BCUT2D eigenvalue weighted by molar-refractivity contribution is -0.142. The second-order valence-electron chi connectivity index (χ2n) is 4.75. The van der Waals surface area contributed by atoms with Crippen LogP contribution in [0.1, 0.15) is 41.7 Å². The Hall–Kier alpha value is -1.68. The molecule has 4 heteroatoms. The molecule has 2 N–H and O–H groups in total. The molecule has 0 amide bonds. The van der Waals surface area contributed by atoms with Crippen molar-refractivity contribution in [3.05, 3.63) is 35.4 Å². The van der Waals surface area contributed by atoms with Crippen LogP contribution < -0.4 is 5.32 Å². The van der Waals surface area contributed by atoms with Gasteiger partial charge in [0.25, 0.3) is 0 Å². The van der Waals surface area contributed by atoms with Gasteiger partial charge in [-0.25, -0.2) is 0 Å². The summed E-state index contributed by atoms with van der Waals surface area (Å²) in [5, 5.41) is 12.2. The molecule has 1 saturated heterocycles. The molecule has 0 aliphatic carbocycles. The maximum atomic E-state index is 11.3. The first-order chi connectivity index (χ1) is 8.58. The lowest BCUT2D eigenvalue weighted by atomic mass is 9.90. The minimum absolute atomic E-state index is 0.0519. The second kappa shape index (κ2) is 5.31. The van der Waals surface area contributed by atoms with Crippen molar-refractivity contribution in [3.63, 3.8) is 0 Å². The van der Waals surface area contributed by atoms with Gasteiger partial charge in [0.15, 0.2) is 5.78 Å². The van der Waals surface area contributed by atoms with Crippen molar-refractivity contribution in [1.82, 2.24) is 5.32 Å². The first kappa shape index (κ1) is 12.8. The van der Waals surface area contributed by atoms with Gasteiger partial charge in [0.2, 0.25) is 0 Å². The SMILES string of the molecule is CC(=O)c1cccc(C2CCC(C(=O)O)CN2)c1. The van der Waals surface area contributed by atoms with Gasteiger partial charge in [-0.15, -0.1) is 0 Å². The molecule has 1 aromatic rings. The highest BCUT2D eigenvalue weighted by molar-refractivity contribution is 5.94. The van der Waals surface area contributed by atoms with Crippen molar-refractivity contribution in [2.45, 2.75) is 25.8 Å². The highest BCUT2D eigenvalue weighted by Crippen LogP contribution is 2.26. The van der Waals surface area contributed by atoms with E-state index in [1.807, 2.05) is 18.2 Å². The van der Waals surface area contributed by atoms with E-state index in [9.17, 15) is 9.59 Å². The standard InChI is InChI=1S/C14H17NO3/c1-9(16)10-3-2-4-11(7-10)13-6-5-12(8-15-13)14(17)18/h2-4,7,12-13,15H,5-6,8H2,1H3,(H,17,18). The molecule has 1 heterocycles. The monoisotopic (exact) mass is 247 g/mol. The van der Waals surface area contributed by atoms with Crippen LogP contribution in [0.2, 0.25) is 0 Å². The van der Waals surface area contributed by atoms with Gasteiger partial charge in [0.05, 0.1) is 5.92 Å². The molecule has 1 fully saturated rings.